The van der Waals surface area contributed by atoms with Crippen molar-refractivity contribution < 1.29 is 44.5 Å². The fraction of sp³-hybridized carbons (Fsp3) is 0.364. The molecule has 0 radical (unpaired) electrons. The van der Waals surface area contributed by atoms with E-state index in [2.05, 4.69) is 0 Å². The second kappa shape index (κ2) is 6.95. The van der Waals surface area contributed by atoms with Gasteiger partial charge in [0.15, 0.2) is 10.1 Å². The highest BCUT2D eigenvalue weighted by atomic mass is 127. The lowest BCUT2D eigenvalue weighted by molar-refractivity contribution is -0.191. The summed E-state index contributed by atoms with van der Waals surface area (Å²) in [6.45, 7) is 0. The van der Waals surface area contributed by atoms with Gasteiger partial charge in [-0.1, -0.05) is 0 Å². The first-order valence-corrected chi connectivity index (χ1v) is 8.25. The third-order valence-corrected chi connectivity index (χ3v) is 4.48. The van der Waals surface area contributed by atoms with E-state index >= 15 is 0 Å². The van der Waals surface area contributed by atoms with E-state index in [-0.39, 0.29) is 5.75 Å². The third-order valence-electron chi connectivity index (χ3n) is 2.69. The summed E-state index contributed by atoms with van der Waals surface area (Å²) in [6.07, 6.45) is -5.88. The topological polar surface area (TPSA) is 95.5 Å². The van der Waals surface area contributed by atoms with E-state index in [1.165, 1.54) is 13.2 Å². The molecular weight excluding hydrogens is 480 g/mol. The van der Waals surface area contributed by atoms with Crippen molar-refractivity contribution >= 4 is 38.6 Å². The van der Waals surface area contributed by atoms with Crippen LogP contribution in [-0.2, 0) is 10.1 Å². The lowest BCUT2D eigenvalue weighted by Crippen LogP contribution is -2.59. The zero-order valence-electron chi connectivity index (χ0n) is 11.5. The molecule has 0 aliphatic heterocycles. The Labute approximate surface area is 146 Å². The predicted octanol–water partition coefficient (Wildman–Crippen LogP) is 2.10. The highest BCUT2D eigenvalue weighted by molar-refractivity contribution is 14.1. The number of ether oxygens (including phenoxy) is 1. The van der Waals surface area contributed by atoms with Crippen LogP contribution >= 0.6 is 22.6 Å². The van der Waals surface area contributed by atoms with Gasteiger partial charge < -0.3 is 14.6 Å². The van der Waals surface area contributed by atoms with Gasteiger partial charge >= 0.3 is 11.4 Å². The number of alkyl halides is 5. The average molecular weight is 488 g/mol. The molecule has 1 aromatic carbocycles. The van der Waals surface area contributed by atoms with E-state index in [9.17, 15) is 39.7 Å². The summed E-state index contributed by atoms with van der Waals surface area (Å²) in [5, 5.41) is -4.94. The highest BCUT2D eigenvalue weighted by Crippen LogP contribution is 2.36. The fourth-order valence-electron chi connectivity index (χ4n) is 1.52. The van der Waals surface area contributed by atoms with E-state index < -0.39 is 39.1 Å². The van der Waals surface area contributed by atoms with Gasteiger partial charge in [0.25, 0.3) is 5.91 Å². The van der Waals surface area contributed by atoms with Crippen molar-refractivity contribution in [2.75, 3.05) is 7.11 Å². The summed E-state index contributed by atoms with van der Waals surface area (Å²) in [7, 11) is -5.47. The normalized spacial score (nSPS) is 14.2. The zero-order chi connectivity index (χ0) is 18.9. The molecule has 24 heavy (non-hydrogen) atoms. The Morgan fingerprint density at radius 2 is 1.83 bits per heavy atom. The molecule has 1 atom stereocenters. The van der Waals surface area contributed by atoms with Crippen molar-refractivity contribution in [1.82, 2.24) is 5.32 Å². The van der Waals surface area contributed by atoms with Crippen LogP contribution in [0.1, 0.15) is 10.4 Å². The molecule has 1 rings (SSSR count). The maximum atomic E-state index is 13.3. The Morgan fingerprint density at radius 3 is 2.25 bits per heavy atom. The summed E-state index contributed by atoms with van der Waals surface area (Å²) in [5.41, 5.74) is -0.499. The number of rotatable bonds is 5. The van der Waals surface area contributed by atoms with Crippen LogP contribution in [0.4, 0.5) is 22.0 Å². The number of methoxy groups -OCH3 is 1. The summed E-state index contributed by atoms with van der Waals surface area (Å²) < 4.78 is 101. The van der Waals surface area contributed by atoms with Crippen LogP contribution in [0.3, 0.4) is 0 Å². The quantitative estimate of drug-likeness (QED) is 0.390. The number of amides is 1. The number of benzene rings is 1. The maximum Gasteiger partial charge on any atom is 0.415 e. The SMILES string of the molecule is COc1cc(C(=O)NC(C(F)(F)F)C(F)(F)S(=O)(=O)[O-])ccc1I. The second-order valence-electron chi connectivity index (χ2n) is 4.31. The van der Waals surface area contributed by atoms with E-state index in [0.717, 1.165) is 17.4 Å². The number of carbonyl (C=O) groups is 1. The molecule has 0 aliphatic rings. The molecule has 13 heteroatoms. The Hall–Kier alpha value is -1.22. The van der Waals surface area contributed by atoms with Gasteiger partial charge in [-0.3, -0.25) is 4.79 Å². The Balaban J connectivity index is 3.24. The standard InChI is InChI=1S/C11H9F5INO5S/c1-23-7-4-5(2-3-6(7)17)8(19)18-9(10(12,13)14)11(15,16)24(20,21)22/h2-4,9H,1H3,(H,18,19)(H,20,21,22)/p-1. The highest BCUT2D eigenvalue weighted by Gasteiger charge is 2.60. The van der Waals surface area contributed by atoms with Gasteiger partial charge in [0.05, 0.1) is 10.7 Å². The van der Waals surface area contributed by atoms with Crippen molar-refractivity contribution in [3.05, 3.63) is 27.3 Å². The molecule has 0 spiro atoms. The van der Waals surface area contributed by atoms with E-state index in [4.69, 9.17) is 4.74 Å². The Morgan fingerprint density at radius 1 is 1.29 bits per heavy atom. The van der Waals surface area contributed by atoms with Crippen molar-refractivity contribution in [3.8, 4) is 5.75 Å². The molecule has 0 aromatic heterocycles. The minimum absolute atomic E-state index is 0.0787. The molecule has 0 bridgehead atoms. The molecule has 1 amide bonds. The van der Waals surface area contributed by atoms with Gasteiger partial charge in [-0.15, -0.1) is 0 Å². The van der Waals surface area contributed by atoms with Gasteiger partial charge in [0.1, 0.15) is 5.75 Å². The Bertz CT molecular complexity index is 737. The fourth-order valence-corrected chi connectivity index (χ4v) is 2.55. The maximum absolute atomic E-state index is 13.3. The Kier molecular flexibility index (Phi) is 6.03. The van der Waals surface area contributed by atoms with Crippen molar-refractivity contribution in [3.63, 3.8) is 0 Å². The number of nitrogens with one attached hydrogen (secondary N) is 1. The zero-order valence-corrected chi connectivity index (χ0v) is 14.5. The minimum atomic E-state index is -6.68. The molecule has 1 N–H and O–H groups in total. The molecule has 0 aliphatic carbocycles. The number of hydrogen-bond donors (Lipinski definition) is 1. The molecule has 1 aromatic rings. The number of hydrogen-bond acceptors (Lipinski definition) is 5. The van der Waals surface area contributed by atoms with Crippen LogP contribution in [0.2, 0.25) is 0 Å². The van der Waals surface area contributed by atoms with Crippen LogP contribution in [0.5, 0.6) is 5.75 Å². The number of halogens is 6. The average Bonchev–Trinajstić information content (AvgIpc) is 2.42. The first kappa shape index (κ1) is 20.8. The van der Waals surface area contributed by atoms with Gasteiger partial charge in [-0.25, -0.2) is 8.42 Å². The first-order chi connectivity index (χ1) is 10.7. The third kappa shape index (κ3) is 4.44. The summed E-state index contributed by atoms with van der Waals surface area (Å²) in [6, 6.07) is -0.963. The van der Waals surface area contributed by atoms with E-state index in [0.29, 0.717) is 3.57 Å². The lowest BCUT2D eigenvalue weighted by atomic mass is 10.2. The van der Waals surface area contributed by atoms with Crippen molar-refractivity contribution in [2.45, 2.75) is 17.5 Å². The van der Waals surface area contributed by atoms with Gasteiger partial charge in [-0.2, -0.15) is 22.0 Å². The molecule has 136 valence electrons. The largest absolute Gasteiger partial charge is 0.743 e. The molecule has 0 heterocycles. The summed E-state index contributed by atoms with van der Waals surface area (Å²) in [5.74, 6) is -1.58. The minimum Gasteiger partial charge on any atom is -0.743 e. The van der Waals surface area contributed by atoms with E-state index in [1.807, 2.05) is 0 Å². The number of carbonyl (C=O) groups excluding carboxylic acids is 1. The van der Waals surface area contributed by atoms with Gasteiger partial charge in [0, 0.05) is 5.56 Å². The molecular formula is C11H8F5INO5S-. The van der Waals surface area contributed by atoms with E-state index in [1.54, 1.807) is 22.6 Å². The molecule has 1 unspecified atom stereocenters. The molecule has 6 nitrogen and oxygen atoms in total. The van der Waals surface area contributed by atoms with Crippen LogP contribution < -0.4 is 10.1 Å². The predicted molar refractivity (Wildman–Crippen MR) is 77.7 cm³/mol. The summed E-state index contributed by atoms with van der Waals surface area (Å²) in [4.78, 5) is 11.8. The monoisotopic (exact) mass is 488 g/mol. The summed E-state index contributed by atoms with van der Waals surface area (Å²) >= 11 is 1.78. The van der Waals surface area contributed by atoms with Crippen LogP contribution in [-0.4, -0.2) is 43.5 Å². The van der Waals surface area contributed by atoms with Gasteiger partial charge in [0.2, 0.25) is 6.04 Å². The van der Waals surface area contributed by atoms with Crippen LogP contribution in [0.25, 0.3) is 0 Å². The molecule has 0 fully saturated rings. The lowest BCUT2D eigenvalue weighted by Gasteiger charge is -2.30. The smallest absolute Gasteiger partial charge is 0.415 e. The van der Waals surface area contributed by atoms with Crippen LogP contribution in [0.15, 0.2) is 18.2 Å². The first-order valence-electron chi connectivity index (χ1n) is 5.76. The molecule has 0 saturated heterocycles. The second-order valence-corrected chi connectivity index (χ2v) is 6.93. The van der Waals surface area contributed by atoms with Crippen molar-refractivity contribution in [1.29, 1.82) is 0 Å². The molecule has 0 saturated carbocycles. The van der Waals surface area contributed by atoms with Crippen LogP contribution in [0, 0.1) is 3.57 Å². The van der Waals surface area contributed by atoms with Crippen molar-refractivity contribution in [2.24, 2.45) is 0 Å². The van der Waals surface area contributed by atoms with Gasteiger partial charge in [-0.05, 0) is 40.8 Å².